The average Bonchev–Trinajstić information content (AvgIpc) is 2.81. The Morgan fingerprint density at radius 1 is 1.44 bits per heavy atom. The van der Waals surface area contributed by atoms with Gasteiger partial charge in [-0.25, -0.2) is 4.98 Å². The molecule has 0 saturated heterocycles. The van der Waals surface area contributed by atoms with Gasteiger partial charge in [-0.15, -0.1) is 22.9 Å². The molecule has 104 valence electrons. The lowest BCUT2D eigenvalue weighted by Crippen LogP contribution is -2.34. The summed E-state index contributed by atoms with van der Waals surface area (Å²) in [5.41, 5.74) is 0.997. The molecule has 1 aromatic heterocycles. The average molecular weight is 291 g/mol. The minimum atomic E-state index is 0.516. The van der Waals surface area contributed by atoms with Crippen LogP contribution in [0.3, 0.4) is 0 Å². The second kappa shape index (κ2) is 8.86. The first-order valence-electron chi connectivity index (χ1n) is 6.39. The van der Waals surface area contributed by atoms with Gasteiger partial charge in [-0.05, 0) is 26.8 Å². The van der Waals surface area contributed by atoms with Crippen LogP contribution in [0.1, 0.15) is 31.0 Å². The Kier molecular flexibility index (Phi) is 7.82. The fraction of sp³-hybridized carbons (Fsp3) is 0.769. The van der Waals surface area contributed by atoms with E-state index >= 15 is 0 Å². The smallest absolute Gasteiger partial charge is 0.0929 e. The van der Waals surface area contributed by atoms with Gasteiger partial charge in [0.15, 0.2) is 0 Å². The summed E-state index contributed by atoms with van der Waals surface area (Å²) in [6, 6.07) is 0.565. The Morgan fingerprint density at radius 3 is 2.78 bits per heavy atom. The van der Waals surface area contributed by atoms with Gasteiger partial charge < -0.3 is 4.74 Å². The Hall–Kier alpha value is -0.160. The van der Waals surface area contributed by atoms with Crippen molar-refractivity contribution in [3.63, 3.8) is 0 Å². The quantitative estimate of drug-likeness (QED) is 0.653. The number of thiazole rings is 1. The number of alkyl halides is 1. The molecular formula is C13H23ClN2OS. The number of hydrogen-bond acceptors (Lipinski definition) is 4. The van der Waals surface area contributed by atoms with Crippen LogP contribution in [-0.2, 0) is 17.0 Å². The zero-order valence-electron chi connectivity index (χ0n) is 11.5. The number of aromatic nitrogens is 1. The van der Waals surface area contributed by atoms with Crippen molar-refractivity contribution < 1.29 is 4.74 Å². The Balaban J connectivity index is 2.29. The molecule has 0 aliphatic heterocycles. The molecule has 0 aliphatic rings. The van der Waals surface area contributed by atoms with Crippen LogP contribution in [0, 0.1) is 0 Å². The molecule has 0 bridgehead atoms. The van der Waals surface area contributed by atoms with Crippen LogP contribution in [0.2, 0.25) is 0 Å². The molecule has 0 unspecified atom stereocenters. The minimum Gasteiger partial charge on any atom is -0.383 e. The molecule has 3 nitrogen and oxygen atoms in total. The number of halogens is 1. The van der Waals surface area contributed by atoms with E-state index in [0.29, 0.717) is 11.9 Å². The summed E-state index contributed by atoms with van der Waals surface area (Å²) in [5.74, 6) is 0.516. The van der Waals surface area contributed by atoms with Crippen LogP contribution in [0.15, 0.2) is 5.38 Å². The number of rotatable bonds is 9. The van der Waals surface area contributed by atoms with Crippen molar-refractivity contribution in [2.24, 2.45) is 0 Å². The van der Waals surface area contributed by atoms with Crippen LogP contribution in [0.5, 0.6) is 0 Å². The van der Waals surface area contributed by atoms with Gasteiger partial charge >= 0.3 is 0 Å². The minimum absolute atomic E-state index is 0.516. The van der Waals surface area contributed by atoms with E-state index in [4.69, 9.17) is 16.3 Å². The van der Waals surface area contributed by atoms with E-state index in [-0.39, 0.29) is 0 Å². The molecule has 1 rings (SSSR count). The van der Waals surface area contributed by atoms with Crippen molar-refractivity contribution in [1.29, 1.82) is 0 Å². The van der Waals surface area contributed by atoms with Crippen molar-refractivity contribution in [2.45, 2.75) is 38.6 Å². The van der Waals surface area contributed by atoms with Gasteiger partial charge in [0.1, 0.15) is 0 Å². The van der Waals surface area contributed by atoms with Gasteiger partial charge in [0.25, 0.3) is 0 Å². The SMILES string of the molecule is COCCN(CCCc1nc(CCl)cs1)C(C)C. The van der Waals surface area contributed by atoms with E-state index in [1.807, 2.05) is 5.38 Å². The van der Waals surface area contributed by atoms with E-state index < -0.39 is 0 Å². The number of nitrogens with zero attached hydrogens (tertiary/aromatic N) is 2. The lowest BCUT2D eigenvalue weighted by Gasteiger charge is -2.25. The summed E-state index contributed by atoms with van der Waals surface area (Å²) in [5, 5.41) is 3.24. The first kappa shape index (κ1) is 15.9. The van der Waals surface area contributed by atoms with Crippen molar-refractivity contribution in [3.8, 4) is 0 Å². The van der Waals surface area contributed by atoms with Crippen LogP contribution in [0.25, 0.3) is 0 Å². The summed E-state index contributed by atoms with van der Waals surface area (Å²) in [6.07, 6.45) is 2.18. The molecule has 0 spiro atoms. The highest BCUT2D eigenvalue weighted by atomic mass is 35.5. The predicted molar refractivity (Wildman–Crippen MR) is 78.6 cm³/mol. The van der Waals surface area contributed by atoms with Gasteiger partial charge in [-0.1, -0.05) is 0 Å². The van der Waals surface area contributed by atoms with Crippen molar-refractivity contribution in [3.05, 3.63) is 16.1 Å². The standard InChI is InChI=1S/C13H23ClN2OS/c1-11(2)16(7-8-17-3)6-4-5-13-15-12(9-14)10-18-13/h10-11H,4-9H2,1-3H3. The fourth-order valence-electron chi connectivity index (χ4n) is 1.80. The molecular weight excluding hydrogens is 268 g/mol. The lowest BCUT2D eigenvalue weighted by atomic mass is 10.2. The maximum atomic E-state index is 5.75. The van der Waals surface area contributed by atoms with Crippen LogP contribution < -0.4 is 0 Å². The van der Waals surface area contributed by atoms with Crippen LogP contribution in [-0.4, -0.2) is 42.7 Å². The fourth-order valence-corrected chi connectivity index (χ4v) is 2.86. The van der Waals surface area contributed by atoms with Crippen molar-refractivity contribution in [1.82, 2.24) is 9.88 Å². The Labute approximate surface area is 119 Å². The topological polar surface area (TPSA) is 25.4 Å². The summed E-state index contributed by atoms with van der Waals surface area (Å²) in [6.45, 7) is 7.34. The molecule has 5 heteroatoms. The zero-order valence-corrected chi connectivity index (χ0v) is 13.1. The van der Waals surface area contributed by atoms with E-state index in [1.54, 1.807) is 18.4 Å². The third-order valence-electron chi connectivity index (χ3n) is 2.89. The van der Waals surface area contributed by atoms with E-state index in [0.717, 1.165) is 38.2 Å². The van der Waals surface area contributed by atoms with Gasteiger partial charge in [0.05, 0.1) is 23.2 Å². The summed E-state index contributed by atoms with van der Waals surface area (Å²) in [7, 11) is 1.75. The molecule has 0 amide bonds. The molecule has 0 aliphatic carbocycles. The van der Waals surface area contributed by atoms with Crippen LogP contribution in [0.4, 0.5) is 0 Å². The summed E-state index contributed by atoms with van der Waals surface area (Å²) >= 11 is 7.46. The van der Waals surface area contributed by atoms with Gasteiger partial charge in [0, 0.05) is 31.5 Å². The third kappa shape index (κ3) is 5.65. The highest BCUT2D eigenvalue weighted by Crippen LogP contribution is 2.14. The molecule has 0 fully saturated rings. The number of hydrogen-bond donors (Lipinski definition) is 0. The second-order valence-corrected chi connectivity index (χ2v) is 5.80. The Bertz CT molecular complexity index is 331. The third-order valence-corrected chi connectivity index (χ3v) is 4.12. The highest BCUT2D eigenvalue weighted by Gasteiger charge is 2.09. The van der Waals surface area contributed by atoms with E-state index in [2.05, 4.69) is 23.7 Å². The first-order valence-corrected chi connectivity index (χ1v) is 7.81. The first-order chi connectivity index (χ1) is 8.67. The van der Waals surface area contributed by atoms with E-state index in [1.165, 1.54) is 5.01 Å². The number of aryl methyl sites for hydroxylation is 1. The summed E-state index contributed by atoms with van der Waals surface area (Å²) < 4.78 is 5.14. The highest BCUT2D eigenvalue weighted by molar-refractivity contribution is 7.09. The van der Waals surface area contributed by atoms with Crippen molar-refractivity contribution >= 4 is 22.9 Å². The van der Waals surface area contributed by atoms with Crippen molar-refractivity contribution in [2.75, 3.05) is 26.8 Å². The summed E-state index contributed by atoms with van der Waals surface area (Å²) in [4.78, 5) is 6.92. The maximum absolute atomic E-state index is 5.75. The molecule has 1 aromatic rings. The molecule has 18 heavy (non-hydrogen) atoms. The van der Waals surface area contributed by atoms with E-state index in [9.17, 15) is 0 Å². The normalized spacial score (nSPS) is 11.7. The lowest BCUT2D eigenvalue weighted by molar-refractivity contribution is 0.129. The van der Waals surface area contributed by atoms with Gasteiger partial charge in [0.2, 0.25) is 0 Å². The predicted octanol–water partition coefficient (Wildman–Crippen LogP) is 3.17. The Morgan fingerprint density at radius 2 is 2.22 bits per heavy atom. The molecule has 1 heterocycles. The molecule has 0 radical (unpaired) electrons. The number of ether oxygens (including phenoxy) is 1. The second-order valence-electron chi connectivity index (χ2n) is 4.59. The molecule has 0 aromatic carbocycles. The van der Waals surface area contributed by atoms with Gasteiger partial charge in [-0.2, -0.15) is 0 Å². The van der Waals surface area contributed by atoms with Crippen LogP contribution >= 0.6 is 22.9 Å². The molecule has 0 saturated carbocycles. The monoisotopic (exact) mass is 290 g/mol. The largest absolute Gasteiger partial charge is 0.383 e. The van der Waals surface area contributed by atoms with Gasteiger partial charge in [-0.3, -0.25) is 4.90 Å². The molecule has 0 atom stereocenters. The zero-order chi connectivity index (χ0) is 13.4. The number of methoxy groups -OCH3 is 1. The maximum Gasteiger partial charge on any atom is 0.0929 e. The molecule has 0 N–H and O–H groups in total.